The van der Waals surface area contributed by atoms with Crippen LogP contribution in [0.25, 0.3) is 0 Å². The molecule has 0 aliphatic heterocycles. The summed E-state index contributed by atoms with van der Waals surface area (Å²) in [5, 5.41) is 3.08. The van der Waals surface area contributed by atoms with Gasteiger partial charge in [-0.2, -0.15) is 0 Å². The molecule has 3 rings (SSSR count). The summed E-state index contributed by atoms with van der Waals surface area (Å²) in [6.07, 6.45) is 1.22. The highest BCUT2D eigenvalue weighted by atomic mass is 79.9. The van der Waals surface area contributed by atoms with Gasteiger partial charge in [0.25, 0.3) is 0 Å². The van der Waals surface area contributed by atoms with Crippen LogP contribution in [-0.4, -0.2) is 50.0 Å². The number of anilines is 1. The summed E-state index contributed by atoms with van der Waals surface area (Å²) in [7, 11) is -3.95. The van der Waals surface area contributed by atoms with E-state index in [2.05, 4.69) is 21.2 Å². The summed E-state index contributed by atoms with van der Waals surface area (Å²) in [6, 6.07) is 20.2. The molecule has 39 heavy (non-hydrogen) atoms. The molecular weight excluding hydrogens is 625 g/mol. The number of hydrogen-bond donors (Lipinski definition) is 1. The summed E-state index contributed by atoms with van der Waals surface area (Å²) < 4.78 is 27.5. The van der Waals surface area contributed by atoms with Crippen molar-refractivity contribution in [1.82, 2.24) is 10.2 Å². The smallest absolute Gasteiger partial charge is 0.244 e. The third-order valence-corrected chi connectivity index (χ3v) is 8.31. The number of nitrogens with one attached hydrogen (secondary N) is 1. The van der Waals surface area contributed by atoms with E-state index in [1.165, 1.54) is 17.0 Å². The lowest BCUT2D eigenvalue weighted by Crippen LogP contribution is -2.54. The van der Waals surface area contributed by atoms with E-state index in [9.17, 15) is 18.0 Å². The van der Waals surface area contributed by atoms with E-state index in [-0.39, 0.29) is 40.6 Å². The van der Waals surface area contributed by atoms with Crippen molar-refractivity contribution >= 4 is 66.7 Å². The monoisotopic (exact) mass is 653 g/mol. The lowest BCUT2D eigenvalue weighted by atomic mass is 10.0. The zero-order valence-electron chi connectivity index (χ0n) is 21.8. The van der Waals surface area contributed by atoms with Crippen LogP contribution in [0.2, 0.25) is 10.0 Å². The molecule has 1 unspecified atom stereocenters. The van der Waals surface area contributed by atoms with Gasteiger partial charge in [0.15, 0.2) is 0 Å². The van der Waals surface area contributed by atoms with Crippen LogP contribution < -0.4 is 9.62 Å². The third kappa shape index (κ3) is 8.70. The van der Waals surface area contributed by atoms with E-state index >= 15 is 0 Å². The first-order valence-electron chi connectivity index (χ1n) is 12.2. The van der Waals surface area contributed by atoms with Crippen molar-refractivity contribution in [2.75, 3.05) is 17.1 Å². The zero-order chi connectivity index (χ0) is 28.7. The van der Waals surface area contributed by atoms with E-state index in [0.29, 0.717) is 0 Å². The van der Waals surface area contributed by atoms with Gasteiger partial charge in [-0.25, -0.2) is 8.42 Å². The summed E-state index contributed by atoms with van der Waals surface area (Å²) in [6.45, 7) is 3.18. The minimum atomic E-state index is -3.95. The van der Waals surface area contributed by atoms with Gasteiger partial charge < -0.3 is 10.2 Å². The molecule has 2 amide bonds. The van der Waals surface area contributed by atoms with Gasteiger partial charge in [-0.3, -0.25) is 13.9 Å². The second kappa shape index (κ2) is 13.7. The lowest BCUT2D eigenvalue weighted by Gasteiger charge is -2.34. The molecule has 0 heterocycles. The first-order chi connectivity index (χ1) is 18.4. The molecule has 0 bridgehead atoms. The van der Waals surface area contributed by atoms with E-state index in [0.717, 1.165) is 26.2 Å². The molecule has 1 N–H and O–H groups in total. The number of benzene rings is 3. The van der Waals surface area contributed by atoms with Gasteiger partial charge in [0.2, 0.25) is 21.8 Å². The number of hydrogen-bond acceptors (Lipinski definition) is 4. The molecule has 1 atom stereocenters. The Hall–Kier alpha value is -2.59. The molecule has 7 nitrogen and oxygen atoms in total. The number of rotatable bonds is 11. The Morgan fingerprint density at radius 2 is 1.56 bits per heavy atom. The molecule has 0 spiro atoms. The number of carbonyl (C=O) groups is 2. The minimum Gasteiger partial charge on any atom is -0.352 e. The molecule has 3 aromatic carbocycles. The quantitative estimate of drug-likeness (QED) is 0.288. The van der Waals surface area contributed by atoms with Crippen LogP contribution in [0.3, 0.4) is 0 Å². The highest BCUT2D eigenvalue weighted by Crippen LogP contribution is 2.34. The Balaban J connectivity index is 2.07. The lowest BCUT2D eigenvalue weighted by molar-refractivity contribution is -0.140. The molecule has 0 aliphatic carbocycles. The summed E-state index contributed by atoms with van der Waals surface area (Å²) >= 11 is 15.9. The number of sulfonamides is 1. The average molecular weight is 655 g/mol. The van der Waals surface area contributed by atoms with E-state index in [4.69, 9.17) is 23.2 Å². The van der Waals surface area contributed by atoms with Gasteiger partial charge in [-0.1, -0.05) is 87.7 Å². The number of amides is 2. The maximum Gasteiger partial charge on any atom is 0.244 e. The van der Waals surface area contributed by atoms with Crippen molar-refractivity contribution in [1.29, 1.82) is 0 Å². The Labute approximate surface area is 248 Å². The topological polar surface area (TPSA) is 86.8 Å². The normalized spacial score (nSPS) is 12.2. The SMILES string of the molecule is CC(C)NC(=O)C(Cc1ccccc1)N(Cc1ccc(Br)cc1)C(=O)CN(c1cccc(Cl)c1Cl)S(C)(=O)=O. The van der Waals surface area contributed by atoms with Crippen molar-refractivity contribution < 1.29 is 18.0 Å². The molecular formula is C28H30BrCl2N3O4S. The standard InChI is InChI=1S/C28H30BrCl2N3O4S/c1-19(2)32-28(36)25(16-20-8-5-4-6-9-20)33(17-21-12-14-22(29)15-13-21)26(35)18-34(39(3,37)38)24-11-7-10-23(30)27(24)31/h4-15,19,25H,16-18H2,1-3H3,(H,32,36). The highest BCUT2D eigenvalue weighted by molar-refractivity contribution is 9.10. The van der Waals surface area contributed by atoms with Crippen molar-refractivity contribution in [3.05, 3.63) is 98.4 Å². The summed E-state index contributed by atoms with van der Waals surface area (Å²) in [5.74, 6) is -0.912. The van der Waals surface area contributed by atoms with Crippen LogP contribution >= 0.6 is 39.1 Å². The van der Waals surface area contributed by atoms with Gasteiger partial charge >= 0.3 is 0 Å². The van der Waals surface area contributed by atoms with E-state index < -0.39 is 28.5 Å². The molecule has 208 valence electrons. The van der Waals surface area contributed by atoms with E-state index in [1.807, 2.05) is 68.4 Å². The zero-order valence-corrected chi connectivity index (χ0v) is 25.7. The first kappa shape index (κ1) is 30.9. The predicted octanol–water partition coefficient (Wildman–Crippen LogP) is 5.69. The van der Waals surface area contributed by atoms with Gasteiger partial charge in [-0.15, -0.1) is 0 Å². The van der Waals surface area contributed by atoms with Gasteiger partial charge in [0.1, 0.15) is 12.6 Å². The largest absolute Gasteiger partial charge is 0.352 e. The molecule has 0 saturated carbocycles. The number of halogens is 3. The second-order valence-electron chi connectivity index (χ2n) is 9.36. The minimum absolute atomic E-state index is 0.00948. The fraction of sp³-hybridized carbons (Fsp3) is 0.286. The Kier molecular flexibility index (Phi) is 10.8. The van der Waals surface area contributed by atoms with Crippen LogP contribution in [0.1, 0.15) is 25.0 Å². The molecule has 0 saturated heterocycles. The third-order valence-electron chi connectivity index (χ3n) is 5.85. The van der Waals surface area contributed by atoms with E-state index in [1.54, 1.807) is 6.07 Å². The maximum atomic E-state index is 14.0. The average Bonchev–Trinajstić information content (AvgIpc) is 2.87. The Bertz CT molecular complexity index is 1400. The molecule has 0 aliphatic rings. The fourth-order valence-corrected chi connectivity index (χ4v) is 5.57. The maximum absolute atomic E-state index is 14.0. The molecule has 0 aromatic heterocycles. The van der Waals surface area contributed by atoms with Crippen LogP contribution in [0.5, 0.6) is 0 Å². The summed E-state index contributed by atoms with van der Waals surface area (Å²) in [5.41, 5.74) is 1.70. The number of carbonyl (C=O) groups excluding carboxylic acids is 2. The van der Waals surface area contributed by atoms with Crippen LogP contribution in [0.15, 0.2) is 77.3 Å². The molecule has 11 heteroatoms. The summed E-state index contributed by atoms with van der Waals surface area (Å²) in [4.78, 5) is 29.0. The van der Waals surface area contributed by atoms with Gasteiger partial charge in [-0.05, 0) is 49.2 Å². The Morgan fingerprint density at radius 1 is 0.923 bits per heavy atom. The van der Waals surface area contributed by atoms with Crippen molar-refractivity contribution in [3.8, 4) is 0 Å². The van der Waals surface area contributed by atoms with Gasteiger partial charge in [0, 0.05) is 23.5 Å². The second-order valence-corrected chi connectivity index (χ2v) is 13.0. The molecule has 0 fully saturated rings. The Morgan fingerprint density at radius 3 is 2.15 bits per heavy atom. The number of nitrogens with zero attached hydrogens (tertiary/aromatic N) is 2. The van der Waals surface area contributed by atoms with Crippen LogP contribution in [0, 0.1) is 0 Å². The van der Waals surface area contributed by atoms with Crippen molar-refractivity contribution in [2.24, 2.45) is 0 Å². The van der Waals surface area contributed by atoms with Crippen LogP contribution in [-0.2, 0) is 32.6 Å². The van der Waals surface area contributed by atoms with Crippen molar-refractivity contribution in [2.45, 2.75) is 38.9 Å². The predicted molar refractivity (Wildman–Crippen MR) is 161 cm³/mol. The fourth-order valence-electron chi connectivity index (χ4n) is 4.00. The van der Waals surface area contributed by atoms with Gasteiger partial charge in [0.05, 0.1) is 22.0 Å². The first-order valence-corrected chi connectivity index (χ1v) is 15.6. The highest BCUT2D eigenvalue weighted by Gasteiger charge is 2.33. The molecule has 0 radical (unpaired) electrons. The molecule has 3 aromatic rings. The van der Waals surface area contributed by atoms with Crippen LogP contribution in [0.4, 0.5) is 5.69 Å². The van der Waals surface area contributed by atoms with Crippen molar-refractivity contribution in [3.63, 3.8) is 0 Å².